The summed E-state index contributed by atoms with van der Waals surface area (Å²) in [4.78, 5) is 55.0. The van der Waals surface area contributed by atoms with E-state index in [-0.39, 0.29) is 35.6 Å². The van der Waals surface area contributed by atoms with Crippen LogP contribution in [-0.4, -0.2) is 57.3 Å². The van der Waals surface area contributed by atoms with E-state index in [1.54, 1.807) is 29.2 Å². The number of hydrogen-bond acceptors (Lipinski definition) is 7. The molecule has 10 nitrogen and oxygen atoms in total. The molecule has 0 radical (unpaired) electrons. The summed E-state index contributed by atoms with van der Waals surface area (Å²) in [5.41, 5.74) is 0.492. The summed E-state index contributed by atoms with van der Waals surface area (Å²) in [5.74, 6) is -3.30. The quantitative estimate of drug-likeness (QED) is 0.291. The maximum Gasteiger partial charge on any atom is 0.326 e. The molecule has 186 valence electrons. The number of amides is 1. The molecule has 1 atom stereocenters. The zero-order valence-electron chi connectivity index (χ0n) is 18.3. The first-order valence-electron chi connectivity index (χ1n) is 10.5. The third-order valence-corrected chi connectivity index (χ3v) is 6.20. The number of anilines is 1. The fourth-order valence-corrected chi connectivity index (χ4v) is 4.29. The maximum atomic E-state index is 13.3. The highest BCUT2D eigenvalue weighted by atomic mass is 32.1. The average Bonchev–Trinajstić information content (AvgIpc) is 3.31. The number of carbonyl (C=O) groups is 3. The number of nitrogens with one attached hydrogen (secondary N) is 2. The van der Waals surface area contributed by atoms with Gasteiger partial charge in [0.25, 0.3) is 11.5 Å². The molecule has 2 aromatic heterocycles. The Balaban J connectivity index is 1.77. The van der Waals surface area contributed by atoms with Crippen molar-refractivity contribution in [2.75, 3.05) is 18.1 Å². The number of aromatic nitrogens is 2. The number of aromatic amines is 1. The van der Waals surface area contributed by atoms with E-state index >= 15 is 0 Å². The zero-order chi connectivity index (χ0) is 25.5. The largest absolute Gasteiger partial charge is 0.481 e. The van der Waals surface area contributed by atoms with Crippen LogP contribution in [0.15, 0.2) is 35.1 Å². The number of rotatable bonds is 12. The van der Waals surface area contributed by atoms with Gasteiger partial charge in [-0.1, -0.05) is 6.07 Å². The van der Waals surface area contributed by atoms with E-state index in [1.807, 2.05) is 0 Å². The SMILES string of the molecule is O=C(O)CC[C@H](NC(=O)c1ccc(N(CCF)Cc2ccc3nc(CF)[nH]c(=O)c3c2)s1)C(=O)O. The highest BCUT2D eigenvalue weighted by Gasteiger charge is 2.23. The molecule has 4 N–H and O–H groups in total. The van der Waals surface area contributed by atoms with Gasteiger partial charge in [0.05, 0.1) is 20.8 Å². The second-order valence-corrected chi connectivity index (χ2v) is 8.61. The third kappa shape index (κ3) is 6.59. The van der Waals surface area contributed by atoms with Gasteiger partial charge in [0.2, 0.25) is 0 Å². The van der Waals surface area contributed by atoms with Crippen molar-refractivity contribution < 1.29 is 33.4 Å². The summed E-state index contributed by atoms with van der Waals surface area (Å²) in [5, 5.41) is 21.1. The third-order valence-electron chi connectivity index (χ3n) is 5.05. The van der Waals surface area contributed by atoms with Crippen LogP contribution in [0.1, 0.15) is 33.9 Å². The smallest absolute Gasteiger partial charge is 0.326 e. The number of alkyl halides is 2. The number of H-pyrrole nitrogens is 1. The lowest BCUT2D eigenvalue weighted by Gasteiger charge is -2.22. The van der Waals surface area contributed by atoms with E-state index in [0.717, 1.165) is 11.3 Å². The monoisotopic (exact) mass is 508 g/mol. The fourth-order valence-electron chi connectivity index (χ4n) is 3.36. The van der Waals surface area contributed by atoms with E-state index in [2.05, 4.69) is 15.3 Å². The Morgan fingerprint density at radius 2 is 1.94 bits per heavy atom. The van der Waals surface area contributed by atoms with Crippen molar-refractivity contribution in [2.45, 2.75) is 32.1 Å². The second-order valence-electron chi connectivity index (χ2n) is 7.54. The minimum atomic E-state index is -1.37. The van der Waals surface area contributed by atoms with Crippen molar-refractivity contribution in [3.05, 3.63) is 57.0 Å². The van der Waals surface area contributed by atoms with Crippen LogP contribution in [0.4, 0.5) is 13.8 Å². The van der Waals surface area contributed by atoms with Gasteiger partial charge >= 0.3 is 11.9 Å². The second kappa shape index (κ2) is 11.5. The van der Waals surface area contributed by atoms with Crippen LogP contribution in [0.5, 0.6) is 0 Å². The van der Waals surface area contributed by atoms with Crippen LogP contribution in [-0.2, 0) is 22.8 Å². The highest BCUT2D eigenvalue weighted by Crippen LogP contribution is 2.28. The van der Waals surface area contributed by atoms with Gasteiger partial charge in [0.15, 0.2) is 0 Å². The first-order valence-corrected chi connectivity index (χ1v) is 11.3. The van der Waals surface area contributed by atoms with Crippen LogP contribution in [0, 0.1) is 0 Å². The van der Waals surface area contributed by atoms with Gasteiger partial charge < -0.3 is 25.4 Å². The Bertz CT molecular complexity index is 1290. The first kappa shape index (κ1) is 25.7. The van der Waals surface area contributed by atoms with E-state index in [9.17, 15) is 33.1 Å². The van der Waals surface area contributed by atoms with Gasteiger partial charge in [-0.05, 0) is 36.2 Å². The van der Waals surface area contributed by atoms with Gasteiger partial charge in [0, 0.05) is 19.5 Å². The van der Waals surface area contributed by atoms with Crippen LogP contribution in [0.25, 0.3) is 10.9 Å². The van der Waals surface area contributed by atoms with Crippen molar-refractivity contribution in [3.8, 4) is 0 Å². The topological polar surface area (TPSA) is 153 Å². The van der Waals surface area contributed by atoms with Crippen LogP contribution >= 0.6 is 11.3 Å². The predicted octanol–water partition coefficient (Wildman–Crippen LogP) is 2.48. The molecule has 0 aliphatic rings. The van der Waals surface area contributed by atoms with Gasteiger partial charge in [-0.25, -0.2) is 18.6 Å². The fraction of sp³-hybridized carbons (Fsp3) is 0.318. The molecule has 0 saturated carbocycles. The first-order chi connectivity index (χ1) is 16.7. The van der Waals surface area contributed by atoms with Crippen LogP contribution in [0.2, 0.25) is 0 Å². The van der Waals surface area contributed by atoms with Crippen LogP contribution in [0.3, 0.4) is 0 Å². The summed E-state index contributed by atoms with van der Waals surface area (Å²) in [6, 6.07) is 6.52. The molecule has 3 rings (SSSR count). The molecule has 0 unspecified atom stereocenters. The molecular formula is C22H22F2N4O6S. The normalized spacial score (nSPS) is 11.8. The molecule has 35 heavy (non-hydrogen) atoms. The van der Waals surface area contributed by atoms with Crippen molar-refractivity contribution in [2.24, 2.45) is 0 Å². The molecule has 3 aromatic rings. The number of carbonyl (C=O) groups excluding carboxylic acids is 1. The highest BCUT2D eigenvalue weighted by molar-refractivity contribution is 7.18. The Kier molecular flexibility index (Phi) is 8.47. The standard InChI is InChI=1S/C22H22F2N4O6S/c23-7-8-28(11-12-1-2-14-13(9-12)20(31)27-17(10-24)25-14)18-5-4-16(35-18)21(32)26-15(22(33)34)3-6-19(29)30/h1-2,4-5,9,15H,3,6-8,10-11H2,(H,26,32)(H,29,30)(H,33,34)(H,25,27,31)/t15-/m0/s1. The van der Waals surface area contributed by atoms with E-state index in [4.69, 9.17) is 5.11 Å². The molecule has 0 fully saturated rings. The van der Waals surface area contributed by atoms with Gasteiger partial charge in [-0.15, -0.1) is 11.3 Å². The number of carboxylic acid groups (broad SMARTS) is 2. The minimum Gasteiger partial charge on any atom is -0.481 e. The van der Waals surface area contributed by atoms with Gasteiger partial charge in [-0.2, -0.15) is 0 Å². The Morgan fingerprint density at radius 3 is 2.60 bits per heavy atom. The summed E-state index contributed by atoms with van der Waals surface area (Å²) in [7, 11) is 0. The van der Waals surface area contributed by atoms with Gasteiger partial charge in [0.1, 0.15) is 25.2 Å². The summed E-state index contributed by atoms with van der Waals surface area (Å²) < 4.78 is 26.1. The van der Waals surface area contributed by atoms with E-state index in [1.165, 1.54) is 6.07 Å². The molecule has 0 aliphatic heterocycles. The average molecular weight is 509 g/mol. The van der Waals surface area contributed by atoms with Crippen molar-refractivity contribution >= 4 is 45.1 Å². The zero-order valence-corrected chi connectivity index (χ0v) is 19.1. The lowest BCUT2D eigenvalue weighted by Crippen LogP contribution is -2.40. The van der Waals surface area contributed by atoms with Gasteiger partial charge in [-0.3, -0.25) is 14.4 Å². The number of thiophene rings is 1. The lowest BCUT2D eigenvalue weighted by molar-refractivity contribution is -0.140. The molecule has 1 aromatic carbocycles. The minimum absolute atomic E-state index is 0.00856. The van der Waals surface area contributed by atoms with E-state index < -0.39 is 49.2 Å². The number of halogens is 2. The number of benzene rings is 1. The van der Waals surface area contributed by atoms with Crippen molar-refractivity contribution in [3.63, 3.8) is 0 Å². The van der Waals surface area contributed by atoms with E-state index in [0.29, 0.717) is 16.1 Å². The predicted molar refractivity (Wildman–Crippen MR) is 124 cm³/mol. The molecule has 0 spiro atoms. The summed E-state index contributed by atoms with van der Waals surface area (Å²) >= 11 is 1.01. The maximum absolute atomic E-state index is 13.3. The molecular weight excluding hydrogens is 486 g/mol. The molecule has 0 saturated heterocycles. The number of aliphatic carboxylic acids is 2. The molecule has 2 heterocycles. The molecule has 0 bridgehead atoms. The molecule has 13 heteroatoms. The number of fused-ring (bicyclic) bond motifs is 1. The Morgan fingerprint density at radius 1 is 1.17 bits per heavy atom. The Labute approximate surface area is 201 Å². The number of carboxylic acids is 2. The number of nitrogens with zero attached hydrogens (tertiary/aromatic N) is 2. The molecule has 0 aliphatic carbocycles. The lowest BCUT2D eigenvalue weighted by atomic mass is 10.1. The van der Waals surface area contributed by atoms with Crippen LogP contribution < -0.4 is 15.8 Å². The summed E-state index contributed by atoms with van der Waals surface area (Å²) in [6.07, 6.45) is -0.693. The van der Waals surface area contributed by atoms with Crippen molar-refractivity contribution in [1.82, 2.24) is 15.3 Å². The number of hydrogen-bond donors (Lipinski definition) is 4. The molecule has 1 amide bonds. The summed E-state index contributed by atoms with van der Waals surface area (Å²) in [6.45, 7) is -1.41. The van der Waals surface area contributed by atoms with Crippen molar-refractivity contribution in [1.29, 1.82) is 0 Å². The Hall–Kier alpha value is -3.87.